The molecule has 1 aromatic heterocycles. The van der Waals surface area contributed by atoms with Gasteiger partial charge >= 0.3 is 0 Å². The van der Waals surface area contributed by atoms with Crippen LogP contribution in [0.1, 0.15) is 45.4 Å². The van der Waals surface area contributed by atoms with Crippen LogP contribution in [0.3, 0.4) is 0 Å². The molecule has 2 N–H and O–H groups in total. The molecule has 2 aliphatic rings. The van der Waals surface area contributed by atoms with E-state index in [4.69, 9.17) is 4.74 Å². The minimum atomic E-state index is -0.371. The topological polar surface area (TPSA) is 90.6 Å². The van der Waals surface area contributed by atoms with Crippen molar-refractivity contribution in [2.75, 3.05) is 43.1 Å². The van der Waals surface area contributed by atoms with Crippen LogP contribution in [0, 0.1) is 0 Å². The van der Waals surface area contributed by atoms with Gasteiger partial charge in [-0.3, -0.25) is 9.59 Å². The van der Waals surface area contributed by atoms with Crippen LogP contribution in [0.15, 0.2) is 54.9 Å². The fourth-order valence-corrected chi connectivity index (χ4v) is 4.79. The molecule has 3 heterocycles. The smallest absolute Gasteiger partial charge is 0.247 e. The van der Waals surface area contributed by atoms with E-state index in [1.807, 2.05) is 60.4 Å². The average molecular weight is 492 g/mol. The number of fused-ring (bicyclic) bond motifs is 1. The Morgan fingerprint density at radius 2 is 1.81 bits per heavy atom. The molecule has 3 aromatic rings. The van der Waals surface area contributed by atoms with Crippen molar-refractivity contribution >= 4 is 34.2 Å². The number of nitrogens with zero attached hydrogens (tertiary/aromatic N) is 3. The summed E-state index contributed by atoms with van der Waals surface area (Å²) in [5, 5.41) is 3.12. The third-order valence-corrected chi connectivity index (χ3v) is 6.68. The lowest BCUT2D eigenvalue weighted by atomic mass is 10.1. The first-order valence-corrected chi connectivity index (χ1v) is 13.1. The van der Waals surface area contributed by atoms with Crippen molar-refractivity contribution in [1.29, 1.82) is 0 Å². The summed E-state index contributed by atoms with van der Waals surface area (Å²) in [5.41, 5.74) is 3.96. The number of hydrogen-bond acceptors (Lipinski definition) is 5. The number of ether oxygens (including phenoxy) is 1. The first-order valence-electron chi connectivity index (χ1n) is 13.1. The van der Waals surface area contributed by atoms with Crippen molar-refractivity contribution in [1.82, 2.24) is 14.9 Å². The third-order valence-electron chi connectivity index (χ3n) is 6.68. The quantitative estimate of drug-likeness (QED) is 0.545. The van der Waals surface area contributed by atoms with Crippen LogP contribution >= 0.6 is 0 Å². The maximum absolute atomic E-state index is 13.1. The maximum atomic E-state index is 13.1. The van der Waals surface area contributed by atoms with Gasteiger partial charge in [0.15, 0.2) is 0 Å². The van der Waals surface area contributed by atoms with E-state index in [0.29, 0.717) is 26.2 Å². The number of amides is 2. The van der Waals surface area contributed by atoms with Gasteiger partial charge in [-0.15, -0.1) is 0 Å². The number of H-pyrrole nitrogens is 1. The largest absolute Gasteiger partial charge is 0.378 e. The van der Waals surface area contributed by atoms with Crippen LogP contribution in [-0.2, 0) is 14.3 Å². The van der Waals surface area contributed by atoms with E-state index in [2.05, 4.69) is 20.2 Å². The molecule has 2 aliphatic heterocycles. The number of para-hydroxylation sites is 4. The van der Waals surface area contributed by atoms with Crippen molar-refractivity contribution in [2.45, 2.75) is 51.5 Å². The van der Waals surface area contributed by atoms with Gasteiger partial charge in [0.2, 0.25) is 11.8 Å². The highest BCUT2D eigenvalue weighted by atomic mass is 16.5. The van der Waals surface area contributed by atoms with Gasteiger partial charge in [-0.1, -0.05) is 44.0 Å². The molecule has 8 nitrogen and oxygen atoms in total. The minimum absolute atomic E-state index is 0.0675. The fraction of sp³-hybridized carbons (Fsp3) is 0.464. The summed E-state index contributed by atoms with van der Waals surface area (Å²) in [6.07, 6.45) is 6.79. The zero-order valence-corrected chi connectivity index (χ0v) is 21.1. The number of hydrogen-bond donors (Lipinski definition) is 2. The van der Waals surface area contributed by atoms with Crippen LogP contribution in [0.4, 0.5) is 11.4 Å². The monoisotopic (exact) mass is 491 g/mol. The van der Waals surface area contributed by atoms with Gasteiger partial charge in [0.05, 0.1) is 41.9 Å². The van der Waals surface area contributed by atoms with Crippen molar-refractivity contribution < 1.29 is 14.3 Å². The summed E-state index contributed by atoms with van der Waals surface area (Å²) in [6, 6.07) is 15.5. The molecule has 0 bridgehead atoms. The second kappa shape index (κ2) is 13.1. The molecule has 36 heavy (non-hydrogen) atoms. The SMILES string of the molecule is CCCC(=O)N1CCCCC[C@H]1C(=O)Nc1ccccc1N1CCOCC1.c1ccc2[nH]cnc2c1. The van der Waals surface area contributed by atoms with Crippen LogP contribution in [0.25, 0.3) is 11.0 Å². The molecule has 0 radical (unpaired) electrons. The lowest BCUT2D eigenvalue weighted by Gasteiger charge is -2.32. The number of carbonyl (C=O) groups is 2. The lowest BCUT2D eigenvalue weighted by Crippen LogP contribution is -2.47. The van der Waals surface area contributed by atoms with E-state index in [1.165, 1.54) is 0 Å². The first-order chi connectivity index (χ1) is 17.7. The zero-order valence-electron chi connectivity index (χ0n) is 21.1. The van der Waals surface area contributed by atoms with Crippen LogP contribution in [-0.4, -0.2) is 65.6 Å². The van der Waals surface area contributed by atoms with Gasteiger partial charge < -0.3 is 24.8 Å². The van der Waals surface area contributed by atoms with Gasteiger partial charge in [-0.25, -0.2) is 4.98 Å². The first kappa shape index (κ1) is 25.7. The molecule has 2 saturated heterocycles. The summed E-state index contributed by atoms with van der Waals surface area (Å²) in [5.74, 6) is 0.0306. The highest BCUT2D eigenvalue weighted by Gasteiger charge is 2.31. The molecule has 0 aliphatic carbocycles. The Kier molecular flexibility index (Phi) is 9.33. The number of aromatic nitrogens is 2. The number of aromatic amines is 1. The number of likely N-dealkylation sites (tertiary alicyclic amines) is 1. The number of imidazole rings is 1. The van der Waals surface area contributed by atoms with E-state index in [1.54, 1.807) is 6.33 Å². The molecular weight excluding hydrogens is 454 g/mol. The van der Waals surface area contributed by atoms with E-state index in [0.717, 1.165) is 67.6 Å². The predicted octanol–water partition coefficient (Wildman–Crippen LogP) is 4.60. The fourth-order valence-electron chi connectivity index (χ4n) is 4.79. The Bertz CT molecular complexity index is 1090. The van der Waals surface area contributed by atoms with Crippen molar-refractivity contribution in [2.24, 2.45) is 0 Å². The van der Waals surface area contributed by atoms with Crippen LogP contribution in [0.2, 0.25) is 0 Å². The molecule has 1 atom stereocenters. The maximum Gasteiger partial charge on any atom is 0.247 e. The molecule has 2 aromatic carbocycles. The number of nitrogens with one attached hydrogen (secondary N) is 2. The molecule has 0 unspecified atom stereocenters. The number of carbonyl (C=O) groups excluding carboxylic acids is 2. The normalized spacial score (nSPS) is 18.2. The van der Waals surface area contributed by atoms with Crippen molar-refractivity contribution in [3.63, 3.8) is 0 Å². The summed E-state index contributed by atoms with van der Waals surface area (Å²) < 4.78 is 5.44. The highest BCUT2D eigenvalue weighted by Crippen LogP contribution is 2.28. The predicted molar refractivity (Wildman–Crippen MR) is 143 cm³/mol. The second-order valence-electron chi connectivity index (χ2n) is 9.23. The number of anilines is 2. The second-order valence-corrected chi connectivity index (χ2v) is 9.23. The van der Waals surface area contributed by atoms with Crippen LogP contribution in [0.5, 0.6) is 0 Å². The van der Waals surface area contributed by atoms with Gasteiger partial charge in [0.1, 0.15) is 6.04 Å². The van der Waals surface area contributed by atoms with Gasteiger partial charge in [-0.2, -0.15) is 0 Å². The molecule has 2 amide bonds. The van der Waals surface area contributed by atoms with Crippen molar-refractivity contribution in [3.05, 3.63) is 54.9 Å². The Morgan fingerprint density at radius 3 is 2.61 bits per heavy atom. The third kappa shape index (κ3) is 6.63. The molecule has 2 fully saturated rings. The van der Waals surface area contributed by atoms with Gasteiger partial charge in [0, 0.05) is 26.1 Å². The van der Waals surface area contributed by atoms with Gasteiger partial charge in [-0.05, 0) is 43.5 Å². The van der Waals surface area contributed by atoms with E-state index < -0.39 is 0 Å². The molecule has 192 valence electrons. The Hall–Kier alpha value is -3.39. The number of benzene rings is 2. The van der Waals surface area contributed by atoms with Crippen LogP contribution < -0.4 is 10.2 Å². The standard InChI is InChI=1S/C21H31N3O3.C7H6N2/c1-2-8-20(25)24-12-7-3-4-11-19(24)21(26)22-17-9-5-6-10-18(17)23-13-15-27-16-14-23;1-2-4-7-6(3-1)8-5-9-7/h5-6,9-10,19H,2-4,7-8,11-16H2,1H3,(H,22,26);1-5H,(H,8,9)/t19-;/m0./s1. The molecule has 0 spiro atoms. The molecule has 5 rings (SSSR count). The summed E-state index contributed by atoms with van der Waals surface area (Å²) in [4.78, 5) is 36.8. The molecular formula is C28H37N5O3. The Labute approximate surface area is 213 Å². The molecule has 8 heteroatoms. The molecule has 0 saturated carbocycles. The Balaban J connectivity index is 0.000000280. The highest BCUT2D eigenvalue weighted by molar-refractivity contribution is 5.99. The average Bonchev–Trinajstić information content (AvgIpc) is 3.25. The van der Waals surface area contributed by atoms with E-state index in [-0.39, 0.29) is 17.9 Å². The van der Waals surface area contributed by atoms with Crippen molar-refractivity contribution in [3.8, 4) is 0 Å². The lowest BCUT2D eigenvalue weighted by molar-refractivity contribution is -0.138. The van der Waals surface area contributed by atoms with Gasteiger partial charge in [0.25, 0.3) is 0 Å². The summed E-state index contributed by atoms with van der Waals surface area (Å²) in [7, 11) is 0. The Morgan fingerprint density at radius 1 is 1.03 bits per heavy atom. The minimum Gasteiger partial charge on any atom is -0.378 e. The van der Waals surface area contributed by atoms with E-state index >= 15 is 0 Å². The number of morpholine rings is 1. The van der Waals surface area contributed by atoms with E-state index in [9.17, 15) is 9.59 Å². The number of rotatable bonds is 5. The zero-order chi connectivity index (χ0) is 25.2. The summed E-state index contributed by atoms with van der Waals surface area (Å²) >= 11 is 0. The summed E-state index contributed by atoms with van der Waals surface area (Å²) in [6.45, 7) is 5.72.